The van der Waals surface area contributed by atoms with Crippen LogP contribution in [-0.2, 0) is 34.8 Å². The summed E-state index contributed by atoms with van der Waals surface area (Å²) in [4.78, 5) is 67.9. The normalized spacial score (nSPS) is 13.8. The molecule has 0 saturated carbocycles. The number of carbonyl (C=O) groups is 5. The molecule has 0 saturated heterocycles. The summed E-state index contributed by atoms with van der Waals surface area (Å²) in [6.07, 6.45) is -2.01. The zero-order chi connectivity index (χ0) is 42.2. The van der Waals surface area contributed by atoms with Crippen molar-refractivity contribution in [1.29, 1.82) is 0 Å². The van der Waals surface area contributed by atoms with Crippen LogP contribution in [0, 0.1) is 5.92 Å². The number of hydrogen-bond donors (Lipinski definition) is 5. The summed E-state index contributed by atoms with van der Waals surface area (Å²) in [5.74, 6) is -1.69. The molecule has 312 valence electrons. The summed E-state index contributed by atoms with van der Waals surface area (Å²) >= 11 is 0. The fourth-order valence-corrected chi connectivity index (χ4v) is 6.20. The second kappa shape index (κ2) is 21.8. The molecule has 3 atom stereocenters. The van der Waals surface area contributed by atoms with Gasteiger partial charge in [0.25, 0.3) is 0 Å². The minimum atomic E-state index is -2.51. The highest BCUT2D eigenvalue weighted by Crippen LogP contribution is 2.38. The molecule has 0 unspecified atom stereocenters. The maximum absolute atomic E-state index is 13.3. The summed E-state index contributed by atoms with van der Waals surface area (Å²) in [5, 5.41) is 20.0. The number of carboxylic acids is 1. The van der Waals surface area contributed by atoms with Crippen LogP contribution in [0.1, 0.15) is 114 Å². The van der Waals surface area contributed by atoms with Crippen molar-refractivity contribution in [3.63, 3.8) is 0 Å². The number of aliphatic imine (C=N–C) groups is 1. The lowest BCUT2D eigenvalue weighted by Crippen LogP contribution is -2.52. The third kappa shape index (κ3) is 21.5. The maximum Gasteiger partial charge on any atom is 0.414 e. The van der Waals surface area contributed by atoms with E-state index in [1.165, 1.54) is 0 Å². The third-order valence-electron chi connectivity index (χ3n) is 8.40. The molecule has 0 aliphatic carbocycles. The van der Waals surface area contributed by atoms with Crippen LogP contribution in [-0.4, -0.2) is 85.5 Å². The number of nitrogens with one attached hydrogen (secondary N) is 4. The van der Waals surface area contributed by atoms with Crippen LogP contribution >= 0.6 is 0 Å². The Morgan fingerprint density at radius 1 is 0.800 bits per heavy atom. The summed E-state index contributed by atoms with van der Waals surface area (Å²) in [6.45, 7) is 24.4. The SMILES string of the molecule is CC(C)C[C@H](NC(=O)CC[C@@H](O[Si](C)(C)C(C)(C)C)[C@H](CCCN=C(NC(=O)OC(C)(C)C)NC(=O)OC(C)(C)C)NC(=O)OCc1ccccc1)C(=O)O. The van der Waals surface area contributed by atoms with E-state index in [0.29, 0.717) is 12.8 Å². The van der Waals surface area contributed by atoms with Gasteiger partial charge in [0.1, 0.15) is 23.9 Å². The van der Waals surface area contributed by atoms with E-state index < -0.39 is 67.9 Å². The highest BCUT2D eigenvalue weighted by molar-refractivity contribution is 6.74. The highest BCUT2D eigenvalue weighted by Gasteiger charge is 2.41. The monoisotopic (exact) mass is 793 g/mol. The van der Waals surface area contributed by atoms with Crippen LogP contribution in [0.3, 0.4) is 0 Å². The first-order chi connectivity index (χ1) is 25.2. The van der Waals surface area contributed by atoms with E-state index in [4.69, 9.17) is 18.6 Å². The van der Waals surface area contributed by atoms with Crippen molar-refractivity contribution in [2.24, 2.45) is 10.9 Å². The summed E-state index contributed by atoms with van der Waals surface area (Å²) in [7, 11) is -2.51. The number of nitrogens with zero attached hydrogens (tertiary/aromatic N) is 1. The van der Waals surface area contributed by atoms with E-state index in [0.717, 1.165) is 5.56 Å². The number of hydrogen-bond acceptors (Lipinski definition) is 10. The molecule has 16 heteroatoms. The molecule has 0 aliphatic rings. The minimum absolute atomic E-state index is 0.0301. The smallest absolute Gasteiger partial charge is 0.414 e. The predicted octanol–water partition coefficient (Wildman–Crippen LogP) is 7.25. The van der Waals surface area contributed by atoms with Crippen molar-refractivity contribution >= 4 is 44.4 Å². The van der Waals surface area contributed by atoms with Crippen molar-refractivity contribution in [1.82, 2.24) is 21.3 Å². The fourth-order valence-electron chi connectivity index (χ4n) is 4.81. The first-order valence-electron chi connectivity index (χ1n) is 18.9. The predicted molar refractivity (Wildman–Crippen MR) is 214 cm³/mol. The number of alkyl carbamates (subject to hydrolysis) is 3. The lowest BCUT2D eigenvalue weighted by Gasteiger charge is -2.41. The van der Waals surface area contributed by atoms with Gasteiger partial charge in [0.15, 0.2) is 8.32 Å². The highest BCUT2D eigenvalue weighted by atomic mass is 28.4. The molecular formula is C39H67N5O10Si. The Labute approximate surface area is 328 Å². The molecule has 0 spiro atoms. The number of rotatable bonds is 17. The molecule has 0 radical (unpaired) electrons. The van der Waals surface area contributed by atoms with Crippen molar-refractivity contribution in [3.8, 4) is 0 Å². The van der Waals surface area contributed by atoms with Crippen molar-refractivity contribution in [2.75, 3.05) is 6.54 Å². The van der Waals surface area contributed by atoms with Gasteiger partial charge in [0, 0.05) is 13.0 Å². The molecule has 15 nitrogen and oxygen atoms in total. The Morgan fingerprint density at radius 3 is 1.82 bits per heavy atom. The molecule has 1 aromatic rings. The summed E-state index contributed by atoms with van der Waals surface area (Å²) in [6, 6.07) is 7.50. The van der Waals surface area contributed by atoms with Gasteiger partial charge in [0.2, 0.25) is 11.9 Å². The zero-order valence-electron chi connectivity index (χ0n) is 35.2. The van der Waals surface area contributed by atoms with E-state index in [1.807, 2.05) is 44.2 Å². The molecule has 0 aliphatic heterocycles. The number of aliphatic carboxylic acids is 1. The van der Waals surface area contributed by atoms with Crippen LogP contribution in [0.4, 0.5) is 14.4 Å². The zero-order valence-corrected chi connectivity index (χ0v) is 36.2. The molecule has 0 fully saturated rings. The molecule has 1 aromatic carbocycles. The van der Waals surface area contributed by atoms with Crippen molar-refractivity contribution in [2.45, 2.75) is 162 Å². The van der Waals surface area contributed by atoms with E-state index in [2.05, 4.69) is 60.1 Å². The van der Waals surface area contributed by atoms with E-state index in [9.17, 15) is 29.1 Å². The van der Waals surface area contributed by atoms with Crippen molar-refractivity contribution in [3.05, 3.63) is 35.9 Å². The van der Waals surface area contributed by atoms with Crippen LogP contribution < -0.4 is 21.3 Å². The Hall–Kier alpha value is -4.18. The average molecular weight is 794 g/mol. The molecule has 1 rings (SSSR count). The van der Waals surface area contributed by atoms with Gasteiger partial charge in [0.05, 0.1) is 12.1 Å². The number of ether oxygens (including phenoxy) is 3. The lowest BCUT2D eigenvalue weighted by atomic mass is 10.00. The second-order valence-electron chi connectivity index (χ2n) is 17.5. The second-order valence-corrected chi connectivity index (χ2v) is 22.2. The van der Waals surface area contributed by atoms with Gasteiger partial charge >= 0.3 is 24.2 Å². The standard InChI is InChI=1S/C39H67N5O10Si/c1-26(2)24-29(32(46)47)41-31(45)22-21-30(54-55(12,13)39(9,10)11)28(42-34(48)51-25-27-18-15-14-16-19-27)20-17-23-40-33(43-35(49)52-37(3,4)5)44-36(50)53-38(6,7)8/h14-16,18-19,26,28-30H,17,20-25H2,1-13H3,(H,41,45)(H,42,48)(H,46,47)(H2,40,43,44,49,50)/t28-,29-,30+/m0/s1. The third-order valence-corrected chi connectivity index (χ3v) is 12.9. The van der Waals surface area contributed by atoms with Gasteiger partial charge in [-0.1, -0.05) is 65.0 Å². The molecule has 0 heterocycles. The number of carboxylic acid groups (broad SMARTS) is 1. The Balaban J connectivity index is 3.42. The van der Waals surface area contributed by atoms with Crippen LogP contribution in [0.15, 0.2) is 35.3 Å². The van der Waals surface area contributed by atoms with Crippen LogP contribution in [0.2, 0.25) is 18.1 Å². The molecular weight excluding hydrogens is 727 g/mol. The average Bonchev–Trinajstić information content (AvgIpc) is 3.00. The van der Waals surface area contributed by atoms with Crippen molar-refractivity contribution < 1.29 is 47.7 Å². The lowest BCUT2D eigenvalue weighted by molar-refractivity contribution is -0.142. The van der Waals surface area contributed by atoms with Crippen LogP contribution in [0.25, 0.3) is 0 Å². The van der Waals surface area contributed by atoms with Gasteiger partial charge in [-0.15, -0.1) is 0 Å². The van der Waals surface area contributed by atoms with Gasteiger partial charge < -0.3 is 34.4 Å². The minimum Gasteiger partial charge on any atom is -0.480 e. The largest absolute Gasteiger partial charge is 0.480 e. The number of carbonyl (C=O) groups excluding carboxylic acids is 4. The Kier molecular flexibility index (Phi) is 19.3. The summed E-state index contributed by atoms with van der Waals surface area (Å²) in [5.41, 5.74) is -0.825. The molecule has 55 heavy (non-hydrogen) atoms. The molecule has 0 aromatic heterocycles. The number of guanidine groups is 1. The number of amides is 4. The van der Waals surface area contributed by atoms with Gasteiger partial charge in [-0.05, 0) is 96.8 Å². The molecule has 5 N–H and O–H groups in total. The van der Waals surface area contributed by atoms with Gasteiger partial charge in [-0.25, -0.2) is 19.2 Å². The van der Waals surface area contributed by atoms with E-state index in [1.54, 1.807) is 41.5 Å². The topological polar surface area (TPSA) is 203 Å². The van der Waals surface area contributed by atoms with Gasteiger partial charge in [-0.2, -0.15) is 0 Å². The first-order valence-corrected chi connectivity index (χ1v) is 21.8. The summed E-state index contributed by atoms with van der Waals surface area (Å²) < 4.78 is 23.1. The Morgan fingerprint density at radius 2 is 1.35 bits per heavy atom. The quantitative estimate of drug-likeness (QED) is 0.0351. The number of benzene rings is 1. The van der Waals surface area contributed by atoms with E-state index in [-0.39, 0.29) is 49.3 Å². The van der Waals surface area contributed by atoms with Gasteiger partial charge in [-0.3, -0.25) is 20.4 Å². The Bertz CT molecular complexity index is 1400. The van der Waals surface area contributed by atoms with E-state index >= 15 is 0 Å². The fraction of sp³-hybridized carbons (Fsp3) is 0.692. The molecule has 0 bridgehead atoms. The molecule has 4 amide bonds. The first kappa shape index (κ1) is 48.8. The maximum atomic E-state index is 13.3. The van der Waals surface area contributed by atoms with Crippen LogP contribution in [0.5, 0.6) is 0 Å².